The summed E-state index contributed by atoms with van der Waals surface area (Å²) >= 11 is 0. The van der Waals surface area contributed by atoms with E-state index < -0.39 is 35.3 Å². The number of aliphatic carboxylic acids is 1. The molecule has 2 rings (SSSR count). The second kappa shape index (κ2) is 11.6. The summed E-state index contributed by atoms with van der Waals surface area (Å²) in [6.07, 6.45) is 9.48. The minimum absolute atomic E-state index is 0.137. The van der Waals surface area contributed by atoms with Crippen LogP contribution >= 0.6 is 0 Å². The van der Waals surface area contributed by atoms with Crippen LogP contribution in [0, 0.1) is 29.1 Å². The van der Waals surface area contributed by atoms with Crippen molar-refractivity contribution < 1.29 is 29.0 Å². The summed E-state index contributed by atoms with van der Waals surface area (Å²) in [7, 11) is 0. The van der Waals surface area contributed by atoms with E-state index in [-0.39, 0.29) is 17.8 Å². The van der Waals surface area contributed by atoms with Crippen molar-refractivity contribution in [3.8, 4) is 0 Å². The lowest BCUT2D eigenvalue weighted by atomic mass is 9.56. The Morgan fingerprint density at radius 3 is 2.56 bits per heavy atom. The van der Waals surface area contributed by atoms with Gasteiger partial charge in [0, 0.05) is 11.5 Å². The molecule has 0 spiro atoms. The molecule has 0 aliphatic heterocycles. The monoisotopic (exact) mass is 470 g/mol. The molecule has 2 aliphatic rings. The van der Waals surface area contributed by atoms with Gasteiger partial charge in [0.2, 0.25) is 0 Å². The highest BCUT2D eigenvalue weighted by Gasteiger charge is 2.53. The molecule has 6 heteroatoms. The smallest absolute Gasteiger partial charge is 0.331 e. The number of aldehydes is 1. The predicted octanol–water partition coefficient (Wildman–Crippen LogP) is 5.24. The van der Waals surface area contributed by atoms with Crippen LogP contribution in [0.15, 0.2) is 47.6 Å². The van der Waals surface area contributed by atoms with Crippen LogP contribution in [0.4, 0.5) is 0 Å². The van der Waals surface area contributed by atoms with E-state index in [9.17, 15) is 24.3 Å². The number of carbonyl (C=O) groups excluding carboxylic acids is 3. The van der Waals surface area contributed by atoms with Gasteiger partial charge in [-0.15, -0.1) is 0 Å². The Kier molecular flexibility index (Phi) is 9.37. The van der Waals surface area contributed by atoms with Gasteiger partial charge in [-0.05, 0) is 61.7 Å². The van der Waals surface area contributed by atoms with E-state index in [4.69, 9.17) is 4.74 Å². The number of carboxylic acids is 1. The number of carbonyl (C=O) groups is 4. The van der Waals surface area contributed by atoms with Crippen LogP contribution in [-0.2, 0) is 23.9 Å². The SMILES string of the molecule is C=C(C=O)[C@H]1C[C@]2(C)C(=CC1=O)[C@@H](OC(=O)/C=C/C(C)=C/C(C)CC(C)CC)CC[C@H]2C(=O)O. The number of rotatable bonds is 10. The fourth-order valence-electron chi connectivity index (χ4n) is 5.32. The highest BCUT2D eigenvalue weighted by Crippen LogP contribution is 2.53. The molecule has 34 heavy (non-hydrogen) atoms. The largest absolute Gasteiger partial charge is 0.481 e. The third-order valence-corrected chi connectivity index (χ3v) is 7.42. The molecule has 2 aliphatic carbocycles. The Morgan fingerprint density at radius 1 is 1.29 bits per heavy atom. The Morgan fingerprint density at radius 2 is 1.97 bits per heavy atom. The highest BCUT2D eigenvalue weighted by atomic mass is 16.5. The zero-order chi connectivity index (χ0) is 25.6. The molecule has 1 N–H and O–H groups in total. The average Bonchev–Trinajstić information content (AvgIpc) is 2.77. The molecule has 6 atom stereocenters. The van der Waals surface area contributed by atoms with Crippen molar-refractivity contribution in [3.63, 3.8) is 0 Å². The molecule has 0 heterocycles. The van der Waals surface area contributed by atoms with Crippen LogP contribution in [0.2, 0.25) is 0 Å². The van der Waals surface area contributed by atoms with Gasteiger partial charge in [0.1, 0.15) is 12.4 Å². The van der Waals surface area contributed by atoms with Crippen LogP contribution < -0.4 is 0 Å². The summed E-state index contributed by atoms with van der Waals surface area (Å²) in [5.74, 6) is -2.26. The minimum atomic E-state index is -0.963. The van der Waals surface area contributed by atoms with Gasteiger partial charge in [-0.25, -0.2) is 4.79 Å². The molecule has 0 aromatic heterocycles. The first-order valence-electron chi connectivity index (χ1n) is 12.1. The van der Waals surface area contributed by atoms with Crippen LogP contribution in [0.5, 0.6) is 0 Å². The Hall–Kier alpha value is -2.76. The number of carboxylic acid groups (broad SMARTS) is 1. The van der Waals surface area contributed by atoms with Crippen molar-refractivity contribution in [1.82, 2.24) is 0 Å². The molecule has 0 bridgehead atoms. The maximum absolute atomic E-state index is 12.7. The lowest BCUT2D eigenvalue weighted by Gasteiger charge is -2.48. The molecule has 1 saturated carbocycles. The summed E-state index contributed by atoms with van der Waals surface area (Å²) in [6, 6.07) is 0. The van der Waals surface area contributed by atoms with E-state index >= 15 is 0 Å². The Bertz CT molecular complexity index is 923. The Balaban J connectivity index is 2.20. The van der Waals surface area contributed by atoms with Crippen LogP contribution in [0.25, 0.3) is 0 Å². The quantitative estimate of drug-likeness (QED) is 0.203. The van der Waals surface area contributed by atoms with Gasteiger partial charge in [-0.2, -0.15) is 0 Å². The fraction of sp³-hybridized carbons (Fsp3) is 0.571. The lowest BCUT2D eigenvalue weighted by Crippen LogP contribution is -2.49. The van der Waals surface area contributed by atoms with Gasteiger partial charge >= 0.3 is 11.9 Å². The summed E-state index contributed by atoms with van der Waals surface area (Å²) in [5.41, 5.74) is 0.707. The van der Waals surface area contributed by atoms with E-state index in [1.54, 1.807) is 13.0 Å². The van der Waals surface area contributed by atoms with Gasteiger partial charge < -0.3 is 9.84 Å². The van der Waals surface area contributed by atoms with Crippen LogP contribution in [-0.4, -0.2) is 35.2 Å². The van der Waals surface area contributed by atoms with Crippen molar-refractivity contribution in [1.29, 1.82) is 0 Å². The van der Waals surface area contributed by atoms with Gasteiger partial charge in [-0.3, -0.25) is 14.4 Å². The fourth-order valence-corrected chi connectivity index (χ4v) is 5.32. The maximum atomic E-state index is 12.7. The Labute approximate surface area is 202 Å². The number of allylic oxidation sites excluding steroid dienone is 5. The summed E-state index contributed by atoms with van der Waals surface area (Å²) in [5, 5.41) is 9.82. The minimum Gasteiger partial charge on any atom is -0.481 e. The third-order valence-electron chi connectivity index (χ3n) is 7.42. The summed E-state index contributed by atoms with van der Waals surface area (Å²) in [4.78, 5) is 48.5. The number of fused-ring (bicyclic) bond motifs is 1. The van der Waals surface area contributed by atoms with Gasteiger partial charge in [-0.1, -0.05) is 58.4 Å². The van der Waals surface area contributed by atoms with E-state index in [2.05, 4.69) is 33.4 Å². The van der Waals surface area contributed by atoms with Crippen molar-refractivity contribution >= 4 is 24.0 Å². The van der Waals surface area contributed by atoms with E-state index in [0.29, 0.717) is 36.5 Å². The van der Waals surface area contributed by atoms with Gasteiger partial charge in [0.05, 0.1) is 11.8 Å². The number of ketones is 1. The first-order valence-corrected chi connectivity index (χ1v) is 12.1. The second-order valence-corrected chi connectivity index (χ2v) is 10.2. The molecule has 2 unspecified atom stereocenters. The molecule has 1 fully saturated rings. The maximum Gasteiger partial charge on any atom is 0.331 e. The van der Waals surface area contributed by atoms with Crippen LogP contribution in [0.1, 0.15) is 66.7 Å². The average molecular weight is 471 g/mol. The topological polar surface area (TPSA) is 97.7 Å². The van der Waals surface area contributed by atoms with Crippen LogP contribution in [0.3, 0.4) is 0 Å². The van der Waals surface area contributed by atoms with E-state index in [1.807, 2.05) is 6.92 Å². The number of esters is 1. The molecular weight excluding hydrogens is 432 g/mol. The molecule has 186 valence electrons. The molecule has 0 radical (unpaired) electrons. The molecule has 0 amide bonds. The molecular formula is C28H38O6. The van der Waals surface area contributed by atoms with Gasteiger partial charge in [0.25, 0.3) is 0 Å². The van der Waals surface area contributed by atoms with Crippen molar-refractivity contribution in [2.45, 2.75) is 72.8 Å². The predicted molar refractivity (Wildman–Crippen MR) is 131 cm³/mol. The number of ether oxygens (including phenoxy) is 1. The highest BCUT2D eigenvalue weighted by molar-refractivity contribution is 6.00. The standard InChI is InChI=1S/C28H38O6/c1-7-17(2)12-19(4)13-18(3)8-11-26(31)34-25-10-9-22(27(32)33)28(6)15-21(20(5)16-29)24(30)14-23(25)28/h8,11,13-14,16-17,19,21-22,25H,5,7,9-10,12,15H2,1-4,6H3,(H,32,33)/b11-8+,18-13+/t17?,19?,21-,22+,25+,28+/m1/s1. The zero-order valence-corrected chi connectivity index (χ0v) is 21.0. The summed E-state index contributed by atoms with van der Waals surface area (Å²) < 4.78 is 5.70. The van der Waals surface area contributed by atoms with Gasteiger partial charge in [0.15, 0.2) is 5.78 Å². The van der Waals surface area contributed by atoms with Crippen molar-refractivity contribution in [3.05, 3.63) is 47.6 Å². The molecule has 6 nitrogen and oxygen atoms in total. The lowest BCUT2D eigenvalue weighted by molar-refractivity contribution is -0.152. The molecule has 0 saturated heterocycles. The van der Waals surface area contributed by atoms with Crippen molar-refractivity contribution in [2.75, 3.05) is 0 Å². The molecule has 0 aromatic carbocycles. The number of hydrogen-bond donors (Lipinski definition) is 1. The first kappa shape index (κ1) is 27.5. The molecule has 0 aromatic rings. The van der Waals surface area contributed by atoms with Crippen molar-refractivity contribution in [2.24, 2.45) is 29.1 Å². The zero-order valence-electron chi connectivity index (χ0n) is 21.0. The first-order chi connectivity index (χ1) is 15.9. The summed E-state index contributed by atoms with van der Waals surface area (Å²) in [6.45, 7) is 13.9. The van der Waals surface area contributed by atoms with E-state index in [0.717, 1.165) is 18.4 Å². The second-order valence-electron chi connectivity index (χ2n) is 10.2. The number of hydrogen-bond acceptors (Lipinski definition) is 5. The third kappa shape index (κ3) is 6.43. The van der Waals surface area contributed by atoms with E-state index in [1.165, 1.54) is 12.2 Å². The normalized spacial score (nSPS) is 29.1.